The molecule has 0 aromatic heterocycles. The Bertz CT molecular complexity index is 769. The number of rotatable bonds is 17. The smallest absolute Gasteiger partial charge is 0.328 e. The molecule has 5 atom stereocenters. The maximum absolute atomic E-state index is 13.3. The van der Waals surface area contributed by atoms with Crippen molar-refractivity contribution in [2.75, 3.05) is 30.9 Å². The third-order valence-electron chi connectivity index (χ3n) is 5.74. The molecule has 10 heteroatoms. The van der Waals surface area contributed by atoms with E-state index in [1.807, 2.05) is 50.4 Å². The molecule has 0 spiro atoms. The van der Waals surface area contributed by atoms with Gasteiger partial charge in [0.05, 0.1) is 12.6 Å². The van der Waals surface area contributed by atoms with Crippen LogP contribution in [0.5, 0.6) is 0 Å². The van der Waals surface area contributed by atoms with Crippen LogP contribution in [0.3, 0.4) is 0 Å². The number of benzene rings is 1. The van der Waals surface area contributed by atoms with Crippen LogP contribution >= 0.6 is 24.4 Å². The average molecular weight is 527 g/mol. The van der Waals surface area contributed by atoms with E-state index in [-0.39, 0.29) is 24.5 Å². The van der Waals surface area contributed by atoms with Gasteiger partial charge in [0.2, 0.25) is 11.8 Å². The highest BCUT2D eigenvalue weighted by atomic mass is 32.2. The average Bonchev–Trinajstić information content (AvgIpc) is 2.86. The standard InChI is InChI=1S/C25H42N4O4S2/c1-5-17(3)22(27-15-19(26)16-34)24(31)29-21(14-18-10-8-7-9-11-18)23(30)28-20(12-13-35-4)25(32)33-6-2/h7-11,17,19-22,27,34H,5-6,12-16,26H2,1-4H3,(H,28,30)(H,29,31)/t17-,19+,20-,21-,22-/m0/s1. The molecule has 1 rings (SSSR count). The van der Waals surface area contributed by atoms with Crippen molar-refractivity contribution in [2.45, 2.75) is 64.2 Å². The predicted molar refractivity (Wildman–Crippen MR) is 147 cm³/mol. The molecule has 5 N–H and O–H groups in total. The van der Waals surface area contributed by atoms with Crippen LogP contribution in [0, 0.1) is 5.92 Å². The quantitative estimate of drug-likeness (QED) is 0.155. The van der Waals surface area contributed by atoms with E-state index in [9.17, 15) is 14.4 Å². The summed E-state index contributed by atoms with van der Waals surface area (Å²) in [6.07, 6.45) is 3.44. The van der Waals surface area contributed by atoms with Crippen LogP contribution in [-0.2, 0) is 25.5 Å². The van der Waals surface area contributed by atoms with Crippen molar-refractivity contribution in [2.24, 2.45) is 11.7 Å². The highest BCUT2D eigenvalue weighted by Crippen LogP contribution is 2.11. The molecule has 0 aliphatic rings. The van der Waals surface area contributed by atoms with Gasteiger partial charge in [-0.25, -0.2) is 4.79 Å². The van der Waals surface area contributed by atoms with Crippen molar-refractivity contribution in [1.82, 2.24) is 16.0 Å². The molecule has 2 amide bonds. The molecule has 1 aromatic rings. The van der Waals surface area contributed by atoms with Crippen LogP contribution in [0.25, 0.3) is 0 Å². The fourth-order valence-corrected chi connectivity index (χ4v) is 4.05. The first-order valence-corrected chi connectivity index (χ1v) is 14.2. The molecule has 0 radical (unpaired) electrons. The molecule has 35 heavy (non-hydrogen) atoms. The van der Waals surface area contributed by atoms with E-state index in [2.05, 4.69) is 28.6 Å². The zero-order valence-electron chi connectivity index (χ0n) is 21.3. The molecule has 1 aromatic carbocycles. The fraction of sp³-hybridized carbons (Fsp3) is 0.640. The predicted octanol–water partition coefficient (Wildman–Crippen LogP) is 1.78. The maximum Gasteiger partial charge on any atom is 0.328 e. The Morgan fingerprint density at radius 1 is 1.09 bits per heavy atom. The molecule has 0 aliphatic heterocycles. The third-order valence-corrected chi connectivity index (χ3v) is 6.86. The highest BCUT2D eigenvalue weighted by molar-refractivity contribution is 7.98. The monoisotopic (exact) mass is 526 g/mol. The molecule has 0 unspecified atom stereocenters. The molecule has 0 saturated carbocycles. The van der Waals surface area contributed by atoms with Gasteiger partial charge in [-0.1, -0.05) is 50.6 Å². The highest BCUT2D eigenvalue weighted by Gasteiger charge is 2.31. The molecule has 0 saturated heterocycles. The van der Waals surface area contributed by atoms with Gasteiger partial charge >= 0.3 is 5.97 Å². The van der Waals surface area contributed by atoms with Crippen LogP contribution in [-0.4, -0.2) is 72.9 Å². The molecular formula is C25H42N4O4S2. The summed E-state index contributed by atoms with van der Waals surface area (Å²) >= 11 is 5.79. The fourth-order valence-electron chi connectivity index (χ4n) is 3.45. The second kappa shape index (κ2) is 17.6. The van der Waals surface area contributed by atoms with Crippen molar-refractivity contribution < 1.29 is 19.1 Å². The Morgan fingerprint density at radius 2 is 1.74 bits per heavy atom. The Balaban J connectivity index is 3.09. The Labute approximate surface area is 219 Å². The van der Waals surface area contributed by atoms with E-state index in [1.165, 1.54) is 0 Å². The van der Waals surface area contributed by atoms with Gasteiger partial charge in [0, 0.05) is 24.8 Å². The number of hydrogen-bond donors (Lipinski definition) is 5. The third kappa shape index (κ3) is 11.7. The van der Waals surface area contributed by atoms with E-state index in [0.29, 0.717) is 30.9 Å². The zero-order valence-corrected chi connectivity index (χ0v) is 23.0. The first-order chi connectivity index (χ1) is 16.8. The Kier molecular flexibility index (Phi) is 15.8. The minimum atomic E-state index is -0.858. The number of amides is 2. The Morgan fingerprint density at radius 3 is 2.31 bits per heavy atom. The number of thioether (sulfide) groups is 1. The second-order valence-electron chi connectivity index (χ2n) is 8.56. The normalized spacial score (nSPS) is 15.4. The minimum Gasteiger partial charge on any atom is -0.464 e. The van der Waals surface area contributed by atoms with Gasteiger partial charge in [0.1, 0.15) is 12.1 Å². The van der Waals surface area contributed by atoms with Gasteiger partial charge in [-0.2, -0.15) is 24.4 Å². The van der Waals surface area contributed by atoms with Crippen molar-refractivity contribution >= 4 is 42.2 Å². The van der Waals surface area contributed by atoms with Crippen molar-refractivity contribution in [3.63, 3.8) is 0 Å². The number of carbonyl (C=O) groups excluding carboxylic acids is 3. The van der Waals surface area contributed by atoms with Crippen molar-refractivity contribution in [3.05, 3.63) is 35.9 Å². The number of nitrogens with two attached hydrogens (primary N) is 1. The summed E-state index contributed by atoms with van der Waals surface area (Å²) in [5.41, 5.74) is 6.88. The molecule has 0 fully saturated rings. The lowest BCUT2D eigenvalue weighted by Crippen LogP contribution is -2.58. The number of carbonyl (C=O) groups is 3. The van der Waals surface area contributed by atoms with Crippen LogP contribution in [0.4, 0.5) is 0 Å². The summed E-state index contributed by atoms with van der Waals surface area (Å²) in [6.45, 7) is 6.38. The summed E-state index contributed by atoms with van der Waals surface area (Å²) in [5.74, 6) is 0.0303. The largest absolute Gasteiger partial charge is 0.464 e. The number of nitrogens with one attached hydrogen (secondary N) is 3. The Hall–Kier alpha value is -1.75. The van der Waals surface area contributed by atoms with Crippen LogP contribution in [0.15, 0.2) is 30.3 Å². The van der Waals surface area contributed by atoms with Crippen LogP contribution in [0.2, 0.25) is 0 Å². The molecule has 0 aliphatic carbocycles. The lowest BCUT2D eigenvalue weighted by molar-refractivity contribution is -0.147. The first kappa shape index (κ1) is 31.3. The van der Waals surface area contributed by atoms with E-state index >= 15 is 0 Å². The molecular weight excluding hydrogens is 484 g/mol. The summed E-state index contributed by atoms with van der Waals surface area (Å²) in [4.78, 5) is 39.1. The SMILES string of the molecule is CCOC(=O)[C@H](CCSC)NC(=O)[C@H](Cc1ccccc1)NC(=O)[C@@H](NC[C@@H](N)CS)[C@@H](C)CC. The van der Waals surface area contributed by atoms with E-state index in [1.54, 1.807) is 18.7 Å². The zero-order chi connectivity index (χ0) is 26.2. The number of thiol groups is 1. The number of ether oxygens (including phenoxy) is 1. The van der Waals surface area contributed by atoms with Gasteiger partial charge < -0.3 is 26.4 Å². The summed E-state index contributed by atoms with van der Waals surface area (Å²) in [7, 11) is 0. The number of esters is 1. The number of hydrogen-bond acceptors (Lipinski definition) is 8. The van der Waals surface area contributed by atoms with Gasteiger partial charge in [0.15, 0.2) is 0 Å². The lowest BCUT2D eigenvalue weighted by Gasteiger charge is -2.28. The minimum absolute atomic E-state index is 0.0245. The van der Waals surface area contributed by atoms with E-state index in [0.717, 1.165) is 12.0 Å². The molecule has 198 valence electrons. The van der Waals surface area contributed by atoms with Crippen molar-refractivity contribution in [1.29, 1.82) is 0 Å². The van der Waals surface area contributed by atoms with Gasteiger partial charge in [-0.3, -0.25) is 9.59 Å². The molecule has 0 bridgehead atoms. The lowest BCUT2D eigenvalue weighted by atomic mass is 9.97. The molecule has 0 heterocycles. The van der Waals surface area contributed by atoms with Crippen molar-refractivity contribution in [3.8, 4) is 0 Å². The summed E-state index contributed by atoms with van der Waals surface area (Å²) in [6, 6.07) is 7.12. The van der Waals surface area contributed by atoms with Crippen LogP contribution < -0.4 is 21.7 Å². The van der Waals surface area contributed by atoms with E-state index < -0.39 is 30.0 Å². The van der Waals surface area contributed by atoms with Gasteiger partial charge in [0.25, 0.3) is 0 Å². The summed E-state index contributed by atoms with van der Waals surface area (Å²) in [5, 5.41) is 8.97. The van der Waals surface area contributed by atoms with Gasteiger partial charge in [-0.05, 0) is 36.8 Å². The maximum atomic E-state index is 13.3. The molecule has 8 nitrogen and oxygen atoms in total. The van der Waals surface area contributed by atoms with Gasteiger partial charge in [-0.15, -0.1) is 0 Å². The van der Waals surface area contributed by atoms with Crippen LogP contribution in [0.1, 0.15) is 39.2 Å². The summed E-state index contributed by atoms with van der Waals surface area (Å²) < 4.78 is 5.15. The van der Waals surface area contributed by atoms with E-state index in [4.69, 9.17) is 10.5 Å². The first-order valence-electron chi connectivity index (χ1n) is 12.2. The topological polar surface area (TPSA) is 123 Å². The second-order valence-corrected chi connectivity index (χ2v) is 9.91.